The molecule has 0 bridgehead atoms. The van der Waals surface area contributed by atoms with Crippen molar-refractivity contribution in [2.75, 3.05) is 7.11 Å². The number of hydrogen-bond acceptors (Lipinski definition) is 3. The van der Waals surface area contributed by atoms with Crippen molar-refractivity contribution in [2.24, 2.45) is 0 Å². The van der Waals surface area contributed by atoms with E-state index in [1.165, 1.54) is 0 Å². The van der Waals surface area contributed by atoms with E-state index in [4.69, 9.17) is 11.6 Å². The van der Waals surface area contributed by atoms with E-state index in [0.29, 0.717) is 6.07 Å². The van der Waals surface area contributed by atoms with Gasteiger partial charge in [0.1, 0.15) is 16.5 Å². The van der Waals surface area contributed by atoms with Gasteiger partial charge < -0.3 is 9.47 Å². The van der Waals surface area contributed by atoms with Gasteiger partial charge in [0.2, 0.25) is 5.88 Å². The first-order valence-corrected chi connectivity index (χ1v) is 4.50. The van der Waals surface area contributed by atoms with Gasteiger partial charge in [0.25, 0.3) is 0 Å². The average Bonchev–Trinajstić information content (AvgIpc) is 2.11. The number of nitrogens with zero attached hydrogens (tertiary/aromatic N) is 1. The third-order valence-electron chi connectivity index (χ3n) is 1.63. The van der Waals surface area contributed by atoms with Crippen molar-refractivity contribution in [2.45, 2.75) is 12.5 Å². The zero-order chi connectivity index (χ0) is 14.1. The topological polar surface area (TPSA) is 31.4 Å². The van der Waals surface area contributed by atoms with Crippen LogP contribution in [0.5, 0.6) is 11.6 Å². The third kappa shape index (κ3) is 3.56. The first-order valence-electron chi connectivity index (χ1n) is 4.12. The molecule has 0 aromatic carbocycles. The van der Waals surface area contributed by atoms with Crippen molar-refractivity contribution in [1.82, 2.24) is 4.98 Å². The first-order chi connectivity index (χ1) is 8.04. The Labute approximate surface area is 101 Å². The number of pyridine rings is 1. The average molecular weight is 296 g/mol. The van der Waals surface area contributed by atoms with Gasteiger partial charge in [-0.1, -0.05) is 11.6 Å². The predicted molar refractivity (Wildman–Crippen MR) is 47.5 cm³/mol. The van der Waals surface area contributed by atoms with Crippen molar-refractivity contribution >= 4 is 11.6 Å². The largest absolute Gasteiger partial charge is 0.573 e. The van der Waals surface area contributed by atoms with Crippen LogP contribution in [0, 0.1) is 0 Å². The molecule has 18 heavy (non-hydrogen) atoms. The second-order valence-electron chi connectivity index (χ2n) is 2.87. The van der Waals surface area contributed by atoms with Gasteiger partial charge in [0.05, 0.1) is 7.11 Å². The summed E-state index contributed by atoms with van der Waals surface area (Å²) in [6, 6.07) is 0.349. The van der Waals surface area contributed by atoms with Crippen molar-refractivity contribution in [1.29, 1.82) is 0 Å². The fourth-order valence-electron chi connectivity index (χ4n) is 1.04. The summed E-state index contributed by atoms with van der Waals surface area (Å²) >= 11 is 5.17. The van der Waals surface area contributed by atoms with Gasteiger partial charge in [-0.2, -0.15) is 13.2 Å². The molecule has 0 fully saturated rings. The smallest absolute Gasteiger partial charge is 0.481 e. The van der Waals surface area contributed by atoms with Gasteiger partial charge in [0.15, 0.2) is 0 Å². The minimum atomic E-state index is -5.30. The van der Waals surface area contributed by atoms with E-state index in [9.17, 15) is 26.3 Å². The number of aromatic nitrogens is 1. The normalized spacial score (nSPS) is 12.4. The fourth-order valence-corrected chi connectivity index (χ4v) is 1.32. The van der Waals surface area contributed by atoms with Crippen LogP contribution in [0.25, 0.3) is 0 Å². The Morgan fingerprint density at radius 3 is 2.11 bits per heavy atom. The standard InChI is InChI=1S/C8H4ClF6NO2/c1-17-4-2-3(18-8(13,14)15)5(6(9)16-4)7(10,11)12/h2H,1H3. The molecular weight excluding hydrogens is 292 g/mol. The molecule has 0 saturated carbocycles. The van der Waals surface area contributed by atoms with Gasteiger partial charge in [-0.05, 0) is 0 Å². The SMILES string of the molecule is COc1cc(OC(F)(F)F)c(C(F)(F)F)c(Cl)n1. The van der Waals surface area contributed by atoms with Crippen molar-refractivity contribution < 1.29 is 35.8 Å². The first kappa shape index (κ1) is 14.7. The quantitative estimate of drug-likeness (QED) is 0.616. The molecule has 3 nitrogen and oxygen atoms in total. The van der Waals surface area contributed by atoms with E-state index in [-0.39, 0.29) is 0 Å². The molecule has 1 aromatic rings. The minimum Gasteiger partial charge on any atom is -0.481 e. The summed E-state index contributed by atoms with van der Waals surface area (Å²) in [4.78, 5) is 3.12. The van der Waals surface area contributed by atoms with Crippen LogP contribution in [0.3, 0.4) is 0 Å². The molecule has 0 radical (unpaired) electrons. The van der Waals surface area contributed by atoms with Crippen LogP contribution in [0.15, 0.2) is 6.07 Å². The molecule has 1 heterocycles. The zero-order valence-electron chi connectivity index (χ0n) is 8.49. The summed E-state index contributed by atoms with van der Waals surface area (Å²) in [7, 11) is 1.00. The Hall–Kier alpha value is -1.38. The zero-order valence-corrected chi connectivity index (χ0v) is 9.24. The molecule has 102 valence electrons. The van der Waals surface area contributed by atoms with E-state index in [0.717, 1.165) is 7.11 Å². The highest BCUT2D eigenvalue weighted by Gasteiger charge is 2.42. The highest BCUT2D eigenvalue weighted by Crippen LogP contribution is 2.43. The summed E-state index contributed by atoms with van der Waals surface area (Å²) < 4.78 is 81.1. The fraction of sp³-hybridized carbons (Fsp3) is 0.375. The van der Waals surface area contributed by atoms with E-state index in [1.807, 2.05) is 0 Å². The molecule has 0 spiro atoms. The Bertz CT molecular complexity index is 444. The predicted octanol–water partition coefficient (Wildman–Crippen LogP) is 3.66. The lowest BCUT2D eigenvalue weighted by atomic mass is 10.2. The molecular formula is C8H4ClF6NO2. The highest BCUT2D eigenvalue weighted by atomic mass is 35.5. The second-order valence-corrected chi connectivity index (χ2v) is 3.23. The summed E-state index contributed by atoms with van der Waals surface area (Å²) in [5.74, 6) is -2.06. The Morgan fingerprint density at radius 2 is 1.72 bits per heavy atom. The van der Waals surface area contributed by atoms with Gasteiger partial charge in [-0.3, -0.25) is 0 Å². The van der Waals surface area contributed by atoms with E-state index < -0.39 is 34.9 Å². The third-order valence-corrected chi connectivity index (χ3v) is 1.91. The van der Waals surface area contributed by atoms with Crippen LogP contribution < -0.4 is 9.47 Å². The van der Waals surface area contributed by atoms with Crippen LogP contribution >= 0.6 is 11.6 Å². The lowest BCUT2D eigenvalue weighted by molar-refractivity contribution is -0.276. The molecule has 1 aromatic heterocycles. The Morgan fingerprint density at radius 1 is 1.17 bits per heavy atom. The van der Waals surface area contributed by atoms with E-state index in [1.54, 1.807) is 0 Å². The van der Waals surface area contributed by atoms with Crippen molar-refractivity contribution in [3.63, 3.8) is 0 Å². The summed E-state index contributed by atoms with van der Waals surface area (Å²) in [6.45, 7) is 0. The minimum absolute atomic E-state index is 0.349. The molecule has 1 rings (SSSR count). The van der Waals surface area contributed by atoms with Crippen LogP contribution in [-0.4, -0.2) is 18.5 Å². The number of hydrogen-bond donors (Lipinski definition) is 0. The number of halogens is 7. The number of methoxy groups -OCH3 is 1. The molecule has 0 aliphatic carbocycles. The molecule has 0 atom stereocenters. The lowest BCUT2D eigenvalue weighted by Crippen LogP contribution is -2.20. The van der Waals surface area contributed by atoms with E-state index in [2.05, 4.69) is 14.5 Å². The van der Waals surface area contributed by atoms with Gasteiger partial charge >= 0.3 is 12.5 Å². The summed E-state index contributed by atoms with van der Waals surface area (Å²) in [5.41, 5.74) is -1.82. The maximum Gasteiger partial charge on any atom is 0.573 e. The van der Waals surface area contributed by atoms with Gasteiger partial charge in [0, 0.05) is 6.07 Å². The monoisotopic (exact) mass is 295 g/mol. The summed E-state index contributed by atoms with van der Waals surface area (Å²) in [6.07, 6.45) is -10.4. The molecule has 0 unspecified atom stereocenters. The molecule has 0 aliphatic rings. The maximum atomic E-state index is 12.5. The van der Waals surface area contributed by atoms with E-state index >= 15 is 0 Å². The molecule has 0 amide bonds. The molecule has 0 N–H and O–H groups in total. The van der Waals surface area contributed by atoms with Gasteiger partial charge in [-0.25, -0.2) is 4.98 Å². The number of rotatable bonds is 2. The van der Waals surface area contributed by atoms with Crippen molar-refractivity contribution in [3.8, 4) is 11.6 Å². The van der Waals surface area contributed by atoms with Crippen LogP contribution in [0.1, 0.15) is 5.56 Å². The van der Waals surface area contributed by atoms with Crippen molar-refractivity contribution in [3.05, 3.63) is 16.8 Å². The van der Waals surface area contributed by atoms with Crippen LogP contribution in [0.4, 0.5) is 26.3 Å². The Balaban J connectivity index is 3.39. The second kappa shape index (κ2) is 4.71. The number of ether oxygens (including phenoxy) is 2. The summed E-state index contributed by atoms with van der Waals surface area (Å²) in [5, 5.41) is -1.19. The number of alkyl halides is 6. The molecule has 10 heteroatoms. The Kier molecular flexibility index (Phi) is 3.84. The maximum absolute atomic E-state index is 12.5. The van der Waals surface area contributed by atoms with Gasteiger partial charge in [-0.15, -0.1) is 13.2 Å². The lowest BCUT2D eigenvalue weighted by Gasteiger charge is -2.16. The van der Waals surface area contributed by atoms with Crippen LogP contribution in [-0.2, 0) is 6.18 Å². The highest BCUT2D eigenvalue weighted by molar-refractivity contribution is 6.30. The molecule has 0 aliphatic heterocycles. The molecule has 0 saturated heterocycles. The van der Waals surface area contributed by atoms with Crippen LogP contribution in [0.2, 0.25) is 5.15 Å².